The Morgan fingerprint density at radius 2 is 2.19 bits per heavy atom. The Hall–Kier alpha value is -2.86. The zero-order valence-corrected chi connectivity index (χ0v) is 17.9. The van der Waals surface area contributed by atoms with Crippen LogP contribution in [0.15, 0.2) is 12.3 Å². The first-order valence-corrected chi connectivity index (χ1v) is 11.5. The number of rotatable bonds is 5. The summed E-state index contributed by atoms with van der Waals surface area (Å²) in [4.78, 5) is 25.9. The second-order valence-electron chi connectivity index (χ2n) is 7.80. The fraction of sp³-hybridized carbons (Fsp3) is 0.500. The summed E-state index contributed by atoms with van der Waals surface area (Å²) in [5.74, 6) is 10.0. The Labute approximate surface area is 179 Å². The third-order valence-electron chi connectivity index (χ3n) is 5.58. The van der Waals surface area contributed by atoms with E-state index in [1.54, 1.807) is 12.3 Å². The molecular weight excluding hydrogens is 427 g/mol. The summed E-state index contributed by atoms with van der Waals surface area (Å²) in [6, 6.07) is 1.16. The molecule has 31 heavy (non-hydrogen) atoms. The van der Waals surface area contributed by atoms with Crippen LogP contribution in [0.1, 0.15) is 31.0 Å². The molecule has 0 unspecified atom stereocenters. The number of fused-ring (bicyclic) bond motifs is 1. The number of hydrogen-bond donors (Lipinski definition) is 3. The summed E-state index contributed by atoms with van der Waals surface area (Å²) in [6.45, 7) is 1.74. The molecule has 3 atom stereocenters. The molecule has 1 fully saturated rings. The molecule has 2 aliphatic heterocycles. The van der Waals surface area contributed by atoms with Crippen molar-refractivity contribution in [3.63, 3.8) is 0 Å². The Morgan fingerprint density at radius 3 is 2.77 bits per heavy atom. The van der Waals surface area contributed by atoms with E-state index in [4.69, 9.17) is 5.21 Å². The average molecular weight is 450 g/mol. The molecule has 3 heterocycles. The quantitative estimate of drug-likeness (QED) is 0.331. The number of sulfone groups is 1. The lowest BCUT2D eigenvalue weighted by atomic mass is 10.1. The summed E-state index contributed by atoms with van der Waals surface area (Å²) in [5, 5.41) is 11.8. The fourth-order valence-corrected chi connectivity index (χ4v) is 4.27. The maximum atomic E-state index is 13.1. The van der Waals surface area contributed by atoms with Gasteiger partial charge < -0.3 is 10.2 Å². The first-order chi connectivity index (χ1) is 14.5. The van der Waals surface area contributed by atoms with Gasteiger partial charge in [0.05, 0.1) is 12.6 Å². The van der Waals surface area contributed by atoms with Gasteiger partial charge in [0.25, 0.3) is 5.91 Å². The average Bonchev–Trinajstić information content (AvgIpc) is 3.38. The van der Waals surface area contributed by atoms with Crippen LogP contribution in [0.25, 0.3) is 0 Å². The van der Waals surface area contributed by atoms with Gasteiger partial charge in [0.15, 0.2) is 14.6 Å². The third kappa shape index (κ3) is 4.74. The molecular formula is C20H23FN4O5S. The number of hydroxylamine groups is 1. The van der Waals surface area contributed by atoms with Crippen LogP contribution in [0, 0.1) is 23.7 Å². The third-order valence-corrected chi connectivity index (χ3v) is 7.61. The van der Waals surface area contributed by atoms with Crippen LogP contribution in [0.4, 0.5) is 9.18 Å². The van der Waals surface area contributed by atoms with Crippen molar-refractivity contribution < 1.29 is 27.6 Å². The topological polar surface area (TPSA) is 121 Å². The number of aromatic nitrogens is 1. The van der Waals surface area contributed by atoms with Gasteiger partial charge in [-0.3, -0.25) is 14.6 Å². The number of alkyl halides is 1. The molecule has 3 rings (SSSR count). The van der Waals surface area contributed by atoms with E-state index in [9.17, 15) is 22.4 Å². The van der Waals surface area contributed by atoms with Crippen molar-refractivity contribution >= 4 is 21.8 Å². The number of carbonyl (C=O) groups excluding carboxylic acids is 2. The molecule has 11 heteroatoms. The van der Waals surface area contributed by atoms with Gasteiger partial charge in [0, 0.05) is 43.2 Å². The molecule has 2 amide bonds. The van der Waals surface area contributed by atoms with Crippen LogP contribution >= 0.6 is 0 Å². The standard InChI is InChI=1S/C20H23FN4O5S/c1-20(18(26)23-28,31(2,29)30)7-8-24-13-17-9-14(12-25(17)19(24)27)5-3-4-6-16-10-15(21)11-22-16/h9,12,15-16,22,28H,7-8,10-11,13H2,1-2H3,(H,23,26)/t15-,16+,20+/m0/s1. The molecule has 0 aromatic carbocycles. The van der Waals surface area contributed by atoms with E-state index >= 15 is 0 Å². The van der Waals surface area contributed by atoms with E-state index in [-0.39, 0.29) is 31.6 Å². The highest BCUT2D eigenvalue weighted by atomic mass is 32.2. The minimum atomic E-state index is -3.84. The minimum absolute atomic E-state index is 0.00788. The van der Waals surface area contributed by atoms with Crippen molar-refractivity contribution in [2.75, 3.05) is 19.3 Å². The predicted molar refractivity (Wildman–Crippen MR) is 109 cm³/mol. The first-order valence-electron chi connectivity index (χ1n) is 9.59. The van der Waals surface area contributed by atoms with E-state index in [1.165, 1.54) is 21.9 Å². The molecule has 0 saturated carbocycles. The van der Waals surface area contributed by atoms with Crippen LogP contribution in [-0.4, -0.2) is 71.3 Å². The maximum absolute atomic E-state index is 13.1. The van der Waals surface area contributed by atoms with Gasteiger partial charge in [0.2, 0.25) is 0 Å². The second-order valence-corrected chi connectivity index (χ2v) is 10.2. The largest absolute Gasteiger partial charge is 0.328 e. The lowest BCUT2D eigenvalue weighted by Gasteiger charge is -2.27. The van der Waals surface area contributed by atoms with Crippen molar-refractivity contribution in [3.05, 3.63) is 23.5 Å². The molecule has 9 nitrogen and oxygen atoms in total. The van der Waals surface area contributed by atoms with Crippen LogP contribution < -0.4 is 10.8 Å². The van der Waals surface area contributed by atoms with E-state index in [0.717, 1.165) is 6.26 Å². The highest BCUT2D eigenvalue weighted by molar-refractivity contribution is 7.92. The van der Waals surface area contributed by atoms with Gasteiger partial charge in [-0.25, -0.2) is 23.1 Å². The molecule has 0 radical (unpaired) electrons. The lowest BCUT2D eigenvalue weighted by Crippen LogP contribution is -2.50. The van der Waals surface area contributed by atoms with Gasteiger partial charge >= 0.3 is 6.03 Å². The Kier molecular flexibility index (Phi) is 6.41. The number of carbonyl (C=O) groups is 2. The van der Waals surface area contributed by atoms with Gasteiger partial charge in [-0.15, -0.1) is 0 Å². The maximum Gasteiger partial charge on any atom is 0.328 e. The Bertz CT molecular complexity index is 1120. The monoisotopic (exact) mass is 450 g/mol. The number of nitrogens with one attached hydrogen (secondary N) is 2. The van der Waals surface area contributed by atoms with Gasteiger partial charge in [-0.2, -0.15) is 0 Å². The van der Waals surface area contributed by atoms with Crippen LogP contribution in [0.2, 0.25) is 0 Å². The summed E-state index contributed by atoms with van der Waals surface area (Å²) in [7, 11) is -3.84. The van der Waals surface area contributed by atoms with Crippen molar-refractivity contribution in [1.29, 1.82) is 0 Å². The van der Waals surface area contributed by atoms with Gasteiger partial charge in [0.1, 0.15) is 6.17 Å². The summed E-state index contributed by atoms with van der Waals surface area (Å²) in [5.41, 5.74) is 2.66. The molecule has 2 aliphatic rings. The molecule has 1 aromatic rings. The Morgan fingerprint density at radius 1 is 1.45 bits per heavy atom. The molecule has 166 valence electrons. The zero-order chi connectivity index (χ0) is 22.8. The lowest BCUT2D eigenvalue weighted by molar-refractivity contribution is -0.131. The Balaban J connectivity index is 1.63. The first kappa shape index (κ1) is 22.8. The highest BCUT2D eigenvalue weighted by Gasteiger charge is 2.44. The fourth-order valence-electron chi connectivity index (χ4n) is 3.43. The molecule has 0 aliphatic carbocycles. The van der Waals surface area contributed by atoms with Crippen molar-refractivity contribution in [1.82, 2.24) is 20.3 Å². The number of nitrogens with zero attached hydrogens (tertiary/aromatic N) is 2. The van der Waals surface area contributed by atoms with E-state index in [2.05, 4.69) is 29.0 Å². The number of hydrogen-bond acceptors (Lipinski definition) is 6. The van der Waals surface area contributed by atoms with E-state index in [0.29, 0.717) is 24.2 Å². The van der Waals surface area contributed by atoms with E-state index in [1.807, 2.05) is 0 Å². The van der Waals surface area contributed by atoms with Crippen molar-refractivity contribution in [2.24, 2.45) is 0 Å². The van der Waals surface area contributed by atoms with Crippen LogP contribution in [0.3, 0.4) is 0 Å². The molecule has 3 N–H and O–H groups in total. The summed E-state index contributed by atoms with van der Waals surface area (Å²) in [6.07, 6.45) is 1.76. The molecule has 1 saturated heterocycles. The number of amides is 2. The summed E-state index contributed by atoms with van der Waals surface area (Å²) < 4.78 is 36.7. The van der Waals surface area contributed by atoms with Gasteiger partial charge in [-0.1, -0.05) is 11.8 Å². The SMILES string of the molecule is C[C@@](CCN1Cc2cc(C#CC#C[C@@H]3C[C@H](F)CN3)cn2C1=O)(C(=O)NO)S(C)(=O)=O. The van der Waals surface area contributed by atoms with Crippen LogP contribution in [-0.2, 0) is 21.2 Å². The normalized spacial score (nSPS) is 22.1. The van der Waals surface area contributed by atoms with Crippen molar-refractivity contribution in [3.8, 4) is 23.7 Å². The molecule has 0 bridgehead atoms. The van der Waals surface area contributed by atoms with Gasteiger partial charge in [-0.05, 0) is 31.3 Å². The summed E-state index contributed by atoms with van der Waals surface area (Å²) >= 11 is 0. The second kappa shape index (κ2) is 8.71. The minimum Gasteiger partial charge on any atom is -0.318 e. The van der Waals surface area contributed by atoms with E-state index < -0.39 is 26.7 Å². The molecule has 1 aromatic heterocycles. The smallest absolute Gasteiger partial charge is 0.318 e. The molecule has 0 spiro atoms. The van der Waals surface area contributed by atoms with Crippen LogP contribution in [0.5, 0.6) is 0 Å². The zero-order valence-electron chi connectivity index (χ0n) is 17.1. The number of halogens is 1. The van der Waals surface area contributed by atoms with Crippen molar-refractivity contribution in [2.45, 2.75) is 43.3 Å². The predicted octanol–water partition coefficient (Wildman–Crippen LogP) is 0.0255. The highest BCUT2D eigenvalue weighted by Crippen LogP contribution is 2.25.